The fraction of sp³-hybridized carbons (Fsp3) is 0.273. The summed E-state index contributed by atoms with van der Waals surface area (Å²) in [7, 11) is 1.87. The molecular formula is C11H11ClFN3. The largest absolute Gasteiger partial charge is 0.319 e. The van der Waals surface area contributed by atoms with E-state index in [1.54, 1.807) is 6.07 Å². The normalized spacial score (nSPS) is 10.9. The molecular weight excluding hydrogens is 229 g/mol. The van der Waals surface area contributed by atoms with Gasteiger partial charge in [0.2, 0.25) is 5.28 Å². The van der Waals surface area contributed by atoms with Crippen molar-refractivity contribution in [2.75, 3.05) is 13.6 Å². The zero-order chi connectivity index (χ0) is 11.5. The van der Waals surface area contributed by atoms with Crippen LogP contribution in [0.4, 0.5) is 4.39 Å². The van der Waals surface area contributed by atoms with E-state index < -0.39 is 0 Å². The van der Waals surface area contributed by atoms with Crippen LogP contribution in [-0.2, 0) is 6.42 Å². The molecule has 2 aromatic rings. The van der Waals surface area contributed by atoms with Crippen molar-refractivity contribution >= 4 is 22.5 Å². The van der Waals surface area contributed by atoms with Crippen molar-refractivity contribution in [3.8, 4) is 0 Å². The Kier molecular flexibility index (Phi) is 3.31. The molecule has 0 radical (unpaired) electrons. The van der Waals surface area contributed by atoms with Crippen LogP contribution in [0.25, 0.3) is 10.9 Å². The molecule has 16 heavy (non-hydrogen) atoms. The highest BCUT2D eigenvalue weighted by molar-refractivity contribution is 6.28. The molecule has 1 aromatic carbocycles. The molecule has 2 rings (SSSR count). The van der Waals surface area contributed by atoms with Gasteiger partial charge in [-0.15, -0.1) is 0 Å². The summed E-state index contributed by atoms with van der Waals surface area (Å²) in [5.41, 5.74) is 1.38. The number of nitrogens with zero attached hydrogens (tertiary/aromatic N) is 2. The second kappa shape index (κ2) is 4.72. The topological polar surface area (TPSA) is 37.8 Å². The van der Waals surface area contributed by atoms with Gasteiger partial charge in [-0.2, -0.15) is 0 Å². The summed E-state index contributed by atoms with van der Waals surface area (Å²) < 4.78 is 13.0. The number of nitrogens with one attached hydrogen (secondary N) is 1. The summed E-state index contributed by atoms with van der Waals surface area (Å²) in [6.07, 6.45) is 0.737. The third-order valence-electron chi connectivity index (χ3n) is 2.32. The van der Waals surface area contributed by atoms with Gasteiger partial charge in [-0.05, 0) is 30.8 Å². The van der Waals surface area contributed by atoms with Crippen molar-refractivity contribution in [3.05, 3.63) is 35.0 Å². The van der Waals surface area contributed by atoms with E-state index in [0.717, 1.165) is 24.0 Å². The van der Waals surface area contributed by atoms with Crippen LogP contribution in [0.1, 0.15) is 5.69 Å². The summed E-state index contributed by atoms with van der Waals surface area (Å²) in [5.74, 6) is -0.318. The Morgan fingerprint density at radius 3 is 2.94 bits per heavy atom. The smallest absolute Gasteiger partial charge is 0.223 e. The average molecular weight is 240 g/mol. The van der Waals surface area contributed by atoms with E-state index in [9.17, 15) is 4.39 Å². The van der Waals surface area contributed by atoms with Crippen LogP contribution in [0.2, 0.25) is 5.28 Å². The Balaban J connectivity index is 2.54. The quantitative estimate of drug-likeness (QED) is 0.835. The van der Waals surface area contributed by atoms with Gasteiger partial charge in [0, 0.05) is 24.4 Å². The molecule has 0 atom stereocenters. The Labute approximate surface area is 97.7 Å². The molecule has 0 saturated carbocycles. The highest BCUT2D eigenvalue weighted by atomic mass is 35.5. The number of rotatable bonds is 3. The third-order valence-corrected chi connectivity index (χ3v) is 2.49. The molecule has 1 N–H and O–H groups in total. The second-order valence-electron chi connectivity index (χ2n) is 3.45. The van der Waals surface area contributed by atoms with Gasteiger partial charge in [0.1, 0.15) is 5.82 Å². The van der Waals surface area contributed by atoms with Gasteiger partial charge in [-0.25, -0.2) is 14.4 Å². The summed E-state index contributed by atoms with van der Waals surface area (Å²) in [5, 5.41) is 4.04. The third kappa shape index (κ3) is 2.28. The highest BCUT2D eigenvalue weighted by Crippen LogP contribution is 2.19. The van der Waals surface area contributed by atoms with Crippen molar-refractivity contribution in [1.82, 2.24) is 15.3 Å². The van der Waals surface area contributed by atoms with Crippen LogP contribution < -0.4 is 5.32 Å². The molecule has 0 aliphatic rings. The van der Waals surface area contributed by atoms with Crippen molar-refractivity contribution in [1.29, 1.82) is 0 Å². The molecule has 0 saturated heterocycles. The fourth-order valence-corrected chi connectivity index (χ4v) is 1.76. The summed E-state index contributed by atoms with van der Waals surface area (Å²) in [6.45, 7) is 0.791. The van der Waals surface area contributed by atoms with Crippen LogP contribution in [0.5, 0.6) is 0 Å². The lowest BCUT2D eigenvalue weighted by atomic mass is 10.1. The van der Waals surface area contributed by atoms with Crippen molar-refractivity contribution in [2.45, 2.75) is 6.42 Å². The SMILES string of the molecule is CNCCc1nc(Cl)nc2cc(F)ccc12. The number of aromatic nitrogens is 2. The van der Waals surface area contributed by atoms with Crippen molar-refractivity contribution < 1.29 is 4.39 Å². The predicted molar refractivity (Wildman–Crippen MR) is 62.1 cm³/mol. The monoisotopic (exact) mass is 239 g/mol. The number of hydrogen-bond donors (Lipinski definition) is 1. The van der Waals surface area contributed by atoms with Crippen molar-refractivity contribution in [2.24, 2.45) is 0 Å². The van der Waals surface area contributed by atoms with E-state index in [2.05, 4.69) is 15.3 Å². The van der Waals surface area contributed by atoms with Gasteiger partial charge in [0.15, 0.2) is 0 Å². The Bertz CT molecular complexity index is 511. The minimum Gasteiger partial charge on any atom is -0.319 e. The summed E-state index contributed by atoms with van der Waals surface area (Å²) in [6, 6.07) is 4.46. The Morgan fingerprint density at radius 1 is 1.38 bits per heavy atom. The highest BCUT2D eigenvalue weighted by Gasteiger charge is 2.07. The van der Waals surface area contributed by atoms with Crippen LogP contribution in [-0.4, -0.2) is 23.6 Å². The molecule has 0 aliphatic heterocycles. The lowest BCUT2D eigenvalue weighted by molar-refractivity contribution is 0.629. The van der Waals surface area contributed by atoms with Crippen LogP contribution in [0.3, 0.4) is 0 Å². The maximum absolute atomic E-state index is 13.0. The van der Waals surface area contributed by atoms with Gasteiger partial charge in [0.25, 0.3) is 0 Å². The van der Waals surface area contributed by atoms with Gasteiger partial charge in [0.05, 0.1) is 11.2 Å². The van der Waals surface area contributed by atoms with E-state index in [1.807, 2.05) is 7.05 Å². The van der Waals surface area contributed by atoms with E-state index in [0.29, 0.717) is 5.52 Å². The zero-order valence-electron chi connectivity index (χ0n) is 8.80. The van der Waals surface area contributed by atoms with E-state index in [4.69, 9.17) is 11.6 Å². The maximum atomic E-state index is 13.0. The van der Waals surface area contributed by atoms with Gasteiger partial charge < -0.3 is 5.32 Å². The molecule has 0 aliphatic carbocycles. The number of hydrogen-bond acceptors (Lipinski definition) is 3. The van der Waals surface area contributed by atoms with Crippen LogP contribution >= 0.6 is 11.6 Å². The van der Waals surface area contributed by atoms with E-state index in [1.165, 1.54) is 12.1 Å². The standard InChI is InChI=1S/C11H11ClFN3/c1-14-5-4-9-8-3-2-7(13)6-10(8)16-11(12)15-9/h2-3,6,14H,4-5H2,1H3. The van der Waals surface area contributed by atoms with Gasteiger partial charge in [-0.1, -0.05) is 0 Å². The lowest BCUT2D eigenvalue weighted by Gasteiger charge is -2.05. The molecule has 3 nitrogen and oxygen atoms in total. The van der Waals surface area contributed by atoms with Crippen molar-refractivity contribution in [3.63, 3.8) is 0 Å². The fourth-order valence-electron chi connectivity index (χ4n) is 1.57. The number of likely N-dealkylation sites (N-methyl/N-ethyl adjacent to an activating group) is 1. The van der Waals surface area contributed by atoms with Gasteiger partial charge in [-0.3, -0.25) is 0 Å². The predicted octanol–water partition coefficient (Wildman–Crippen LogP) is 2.18. The molecule has 84 valence electrons. The van der Waals surface area contributed by atoms with Gasteiger partial charge >= 0.3 is 0 Å². The number of fused-ring (bicyclic) bond motifs is 1. The molecule has 0 amide bonds. The van der Waals surface area contributed by atoms with E-state index >= 15 is 0 Å². The molecule has 5 heteroatoms. The minimum absolute atomic E-state index is 0.157. The average Bonchev–Trinajstić information content (AvgIpc) is 2.25. The second-order valence-corrected chi connectivity index (χ2v) is 3.79. The number of halogens is 2. The number of benzene rings is 1. The molecule has 1 heterocycles. The molecule has 1 aromatic heterocycles. The first-order chi connectivity index (χ1) is 7.70. The van der Waals surface area contributed by atoms with Crippen LogP contribution in [0.15, 0.2) is 18.2 Å². The maximum Gasteiger partial charge on any atom is 0.223 e. The van der Waals surface area contributed by atoms with Crippen LogP contribution in [0, 0.1) is 5.82 Å². The first-order valence-electron chi connectivity index (χ1n) is 4.97. The Morgan fingerprint density at radius 2 is 2.19 bits per heavy atom. The first kappa shape index (κ1) is 11.2. The summed E-state index contributed by atoms with van der Waals surface area (Å²) >= 11 is 5.79. The summed E-state index contributed by atoms with van der Waals surface area (Å²) in [4.78, 5) is 8.16. The molecule has 0 unspecified atom stereocenters. The zero-order valence-corrected chi connectivity index (χ0v) is 9.55. The first-order valence-corrected chi connectivity index (χ1v) is 5.35. The minimum atomic E-state index is -0.318. The molecule has 0 fully saturated rings. The lowest BCUT2D eigenvalue weighted by Crippen LogP contribution is -2.11. The molecule has 0 spiro atoms. The molecule has 0 bridgehead atoms. The van der Waals surface area contributed by atoms with E-state index in [-0.39, 0.29) is 11.1 Å². The Hall–Kier alpha value is -1.26.